The fraction of sp³-hybridized carbons (Fsp3) is 0.625. The molecule has 2 aromatic rings. The minimum Gasteiger partial charge on any atom is -0.384 e. The van der Waals surface area contributed by atoms with Crippen LogP contribution in [0.25, 0.3) is 5.00 Å². The van der Waals surface area contributed by atoms with Crippen molar-refractivity contribution in [2.24, 2.45) is 0 Å². The number of ether oxygens (including phenoxy) is 2. The fourth-order valence-corrected chi connectivity index (χ4v) is 5.89. The van der Waals surface area contributed by atoms with E-state index in [1.54, 1.807) is 18.9 Å². The average molecular weight is 395 g/mol. The van der Waals surface area contributed by atoms with Crippen LogP contribution < -0.4 is 15.8 Å². The molecular formula is C16H22N6O2S2. The molecule has 3 aliphatic heterocycles. The van der Waals surface area contributed by atoms with Gasteiger partial charge in [0.25, 0.3) is 0 Å². The quantitative estimate of drug-likeness (QED) is 0.601. The third-order valence-electron chi connectivity index (χ3n) is 4.94. The van der Waals surface area contributed by atoms with Crippen molar-refractivity contribution in [1.29, 1.82) is 0 Å². The lowest BCUT2D eigenvalue weighted by Crippen LogP contribution is -2.40. The summed E-state index contributed by atoms with van der Waals surface area (Å²) in [4.78, 5) is 1.32. The molecule has 1 saturated heterocycles. The molecule has 8 nitrogen and oxygen atoms in total. The van der Waals surface area contributed by atoms with E-state index < -0.39 is 0 Å². The molecule has 0 bridgehead atoms. The highest BCUT2D eigenvalue weighted by atomic mass is 32.2. The standard InChI is InChI=1S/C16H22N6O2S2/c1-16(2)6-9-10(7-24-16)26-13-11(9)12-17-8-18-22(12)14-19-20-15(21(13)14)25-5-4-23-3/h12,17-18H,4-8H2,1-3H3. The van der Waals surface area contributed by atoms with Crippen molar-refractivity contribution < 1.29 is 9.47 Å². The van der Waals surface area contributed by atoms with Crippen LogP contribution in [0.15, 0.2) is 5.16 Å². The van der Waals surface area contributed by atoms with Gasteiger partial charge in [-0.2, -0.15) is 0 Å². The second kappa shape index (κ2) is 6.18. The third-order valence-corrected chi connectivity index (χ3v) is 7.04. The van der Waals surface area contributed by atoms with E-state index in [0.29, 0.717) is 19.9 Å². The Bertz CT molecular complexity index is 848. The summed E-state index contributed by atoms with van der Waals surface area (Å²) in [5, 5.41) is 16.7. The van der Waals surface area contributed by atoms with Crippen LogP contribution in [-0.2, 0) is 22.5 Å². The van der Waals surface area contributed by atoms with Gasteiger partial charge in [0.05, 0.1) is 25.5 Å². The molecule has 0 amide bonds. The molecule has 3 aliphatic rings. The number of aromatic nitrogens is 3. The number of hydrazine groups is 1. The van der Waals surface area contributed by atoms with E-state index in [1.807, 2.05) is 11.3 Å². The summed E-state index contributed by atoms with van der Waals surface area (Å²) >= 11 is 3.48. The van der Waals surface area contributed by atoms with Gasteiger partial charge in [0.15, 0.2) is 5.16 Å². The summed E-state index contributed by atoms with van der Waals surface area (Å²) in [5.74, 6) is 1.69. The first-order valence-electron chi connectivity index (χ1n) is 8.71. The van der Waals surface area contributed by atoms with Crippen LogP contribution in [0.2, 0.25) is 0 Å². The number of methoxy groups -OCH3 is 1. The molecule has 140 valence electrons. The van der Waals surface area contributed by atoms with Gasteiger partial charge in [0.1, 0.15) is 11.2 Å². The Morgan fingerprint density at radius 3 is 3.15 bits per heavy atom. The van der Waals surface area contributed by atoms with Gasteiger partial charge in [-0.15, -0.1) is 21.5 Å². The Morgan fingerprint density at radius 1 is 1.42 bits per heavy atom. The van der Waals surface area contributed by atoms with Gasteiger partial charge in [-0.05, 0) is 19.4 Å². The summed E-state index contributed by atoms with van der Waals surface area (Å²) in [6.45, 7) is 6.40. The highest BCUT2D eigenvalue weighted by molar-refractivity contribution is 7.99. The van der Waals surface area contributed by atoms with E-state index >= 15 is 0 Å². The van der Waals surface area contributed by atoms with E-state index in [0.717, 1.165) is 23.3 Å². The smallest absolute Gasteiger partial charge is 0.249 e. The topological polar surface area (TPSA) is 76.5 Å². The van der Waals surface area contributed by atoms with Crippen LogP contribution in [-0.4, -0.2) is 46.5 Å². The van der Waals surface area contributed by atoms with Gasteiger partial charge in [0.2, 0.25) is 5.95 Å². The van der Waals surface area contributed by atoms with Gasteiger partial charge in [-0.3, -0.25) is 10.3 Å². The number of rotatable bonds is 4. The zero-order valence-corrected chi connectivity index (χ0v) is 16.7. The maximum absolute atomic E-state index is 6.06. The minimum atomic E-state index is -0.137. The number of hydrogen-bond acceptors (Lipinski definition) is 9. The lowest BCUT2D eigenvalue weighted by molar-refractivity contribution is -0.0385. The molecule has 0 spiro atoms. The van der Waals surface area contributed by atoms with Crippen molar-refractivity contribution >= 4 is 29.0 Å². The number of nitrogens with one attached hydrogen (secondary N) is 2. The molecule has 10 heteroatoms. The predicted octanol–water partition coefficient (Wildman–Crippen LogP) is 1.80. The van der Waals surface area contributed by atoms with Crippen molar-refractivity contribution in [3.8, 4) is 5.00 Å². The first kappa shape index (κ1) is 17.0. The summed E-state index contributed by atoms with van der Waals surface area (Å²) in [7, 11) is 1.72. The normalized spacial score (nSPS) is 22.7. The second-order valence-electron chi connectivity index (χ2n) is 7.22. The number of thioether (sulfide) groups is 1. The minimum absolute atomic E-state index is 0.0902. The van der Waals surface area contributed by atoms with Crippen LogP contribution in [0.4, 0.5) is 5.95 Å². The zero-order chi connectivity index (χ0) is 17.9. The molecular weight excluding hydrogens is 372 g/mol. The molecule has 5 heterocycles. The lowest BCUT2D eigenvalue weighted by atomic mass is 9.92. The van der Waals surface area contributed by atoms with E-state index in [9.17, 15) is 0 Å². The first-order valence-corrected chi connectivity index (χ1v) is 10.5. The van der Waals surface area contributed by atoms with Crippen LogP contribution in [0.3, 0.4) is 0 Å². The van der Waals surface area contributed by atoms with Gasteiger partial charge in [-0.25, -0.2) is 9.99 Å². The molecule has 5 rings (SSSR count). The van der Waals surface area contributed by atoms with Gasteiger partial charge < -0.3 is 9.47 Å². The largest absolute Gasteiger partial charge is 0.384 e. The molecule has 1 atom stereocenters. The zero-order valence-electron chi connectivity index (χ0n) is 15.0. The lowest BCUT2D eigenvalue weighted by Gasteiger charge is -2.34. The maximum Gasteiger partial charge on any atom is 0.249 e. The predicted molar refractivity (Wildman–Crippen MR) is 101 cm³/mol. The fourth-order valence-electron chi connectivity index (χ4n) is 3.74. The SMILES string of the molecule is COCCSc1nnc2n1-c1sc3c(c1C1NCNN21)CC(C)(C)OC3. The Hall–Kier alpha value is -1.17. The molecule has 1 unspecified atom stereocenters. The highest BCUT2D eigenvalue weighted by Gasteiger charge is 2.43. The van der Waals surface area contributed by atoms with E-state index in [-0.39, 0.29) is 11.8 Å². The number of anilines is 1. The highest BCUT2D eigenvalue weighted by Crippen LogP contribution is 2.48. The summed E-state index contributed by atoms with van der Waals surface area (Å²) < 4.78 is 13.4. The van der Waals surface area contributed by atoms with Crippen molar-refractivity contribution in [2.45, 2.75) is 43.8 Å². The second-order valence-corrected chi connectivity index (χ2v) is 9.36. The van der Waals surface area contributed by atoms with E-state index in [4.69, 9.17) is 9.47 Å². The van der Waals surface area contributed by atoms with Gasteiger partial charge in [-0.1, -0.05) is 11.8 Å². The van der Waals surface area contributed by atoms with Gasteiger partial charge in [0, 0.05) is 29.7 Å². The Labute approximate surface area is 160 Å². The monoisotopic (exact) mass is 394 g/mol. The Kier molecular flexibility index (Phi) is 4.03. The average Bonchev–Trinajstić information content (AvgIpc) is 3.29. The Balaban J connectivity index is 1.64. The Morgan fingerprint density at radius 2 is 2.31 bits per heavy atom. The molecule has 0 aromatic carbocycles. The third kappa shape index (κ3) is 2.51. The van der Waals surface area contributed by atoms with Gasteiger partial charge >= 0.3 is 0 Å². The van der Waals surface area contributed by atoms with Crippen LogP contribution in [0, 0.1) is 0 Å². The van der Waals surface area contributed by atoms with Crippen LogP contribution >= 0.6 is 23.1 Å². The molecule has 0 saturated carbocycles. The molecule has 2 aromatic heterocycles. The first-order chi connectivity index (χ1) is 12.6. The van der Waals surface area contributed by atoms with Crippen molar-refractivity contribution in [3.63, 3.8) is 0 Å². The number of nitrogens with zero attached hydrogens (tertiary/aromatic N) is 4. The van der Waals surface area contributed by atoms with Crippen molar-refractivity contribution in [2.75, 3.05) is 31.1 Å². The number of fused-ring (bicyclic) bond motifs is 8. The van der Waals surface area contributed by atoms with Crippen molar-refractivity contribution in [3.05, 3.63) is 16.0 Å². The molecule has 26 heavy (non-hydrogen) atoms. The van der Waals surface area contributed by atoms with Crippen LogP contribution in [0.5, 0.6) is 0 Å². The summed E-state index contributed by atoms with van der Waals surface area (Å²) in [6, 6.07) is 0. The maximum atomic E-state index is 6.06. The molecule has 1 fully saturated rings. The number of hydrogen-bond donors (Lipinski definition) is 2. The summed E-state index contributed by atoms with van der Waals surface area (Å²) in [5.41, 5.74) is 6.01. The van der Waals surface area contributed by atoms with E-state index in [1.165, 1.54) is 21.0 Å². The van der Waals surface area contributed by atoms with Crippen LogP contribution in [0.1, 0.15) is 36.0 Å². The van der Waals surface area contributed by atoms with E-state index in [2.05, 4.69) is 44.4 Å². The summed E-state index contributed by atoms with van der Waals surface area (Å²) in [6.07, 6.45) is 1.01. The molecule has 2 N–H and O–H groups in total. The molecule has 0 aliphatic carbocycles. The molecule has 0 radical (unpaired) electrons. The van der Waals surface area contributed by atoms with Crippen molar-refractivity contribution in [1.82, 2.24) is 25.5 Å². The number of thiophene rings is 1.